The van der Waals surface area contributed by atoms with E-state index in [9.17, 15) is 9.59 Å². The molecule has 3 atom stereocenters. The molecule has 0 radical (unpaired) electrons. The number of imide groups is 1. The zero-order chi connectivity index (χ0) is 15.4. The molecule has 0 N–H and O–H groups in total. The molecule has 0 spiro atoms. The van der Waals surface area contributed by atoms with E-state index in [0.29, 0.717) is 6.42 Å². The van der Waals surface area contributed by atoms with Gasteiger partial charge in [0.1, 0.15) is 6.10 Å². The van der Waals surface area contributed by atoms with Crippen LogP contribution in [0.25, 0.3) is 0 Å². The first-order valence-electron chi connectivity index (χ1n) is 7.05. The van der Waals surface area contributed by atoms with Crippen LogP contribution < -0.4 is 0 Å². The van der Waals surface area contributed by atoms with E-state index in [1.807, 2.05) is 43.3 Å². The summed E-state index contributed by atoms with van der Waals surface area (Å²) >= 11 is 0. The van der Waals surface area contributed by atoms with Gasteiger partial charge in [0.2, 0.25) is 5.91 Å². The van der Waals surface area contributed by atoms with E-state index in [1.165, 1.54) is 0 Å². The Balaban J connectivity index is 2.21. The van der Waals surface area contributed by atoms with Crippen molar-refractivity contribution in [2.45, 2.75) is 38.8 Å². The number of rotatable bonds is 4. The zero-order valence-corrected chi connectivity index (χ0v) is 12.2. The zero-order valence-electron chi connectivity index (χ0n) is 12.2. The molecule has 0 saturated carbocycles. The Hall–Kier alpha value is -2.35. The standard InChI is InChI=1S/C16H18N2O3/c1-3-12(9-10-17)15(19)18-11(2)14(21-16(18)20)13-7-5-4-6-8-13/h4-8,11-12,14H,3,9H2,1-2H3/t11-,12-,14-/m0/s1. The van der Waals surface area contributed by atoms with Crippen molar-refractivity contribution in [3.8, 4) is 6.07 Å². The van der Waals surface area contributed by atoms with Gasteiger partial charge in [-0.25, -0.2) is 9.69 Å². The van der Waals surface area contributed by atoms with Crippen LogP contribution in [0.15, 0.2) is 30.3 Å². The van der Waals surface area contributed by atoms with E-state index in [0.717, 1.165) is 10.5 Å². The van der Waals surface area contributed by atoms with Crippen molar-refractivity contribution >= 4 is 12.0 Å². The van der Waals surface area contributed by atoms with Crippen LogP contribution in [0.4, 0.5) is 4.79 Å². The Morgan fingerprint density at radius 2 is 2.10 bits per heavy atom. The molecular formula is C16H18N2O3. The van der Waals surface area contributed by atoms with Gasteiger partial charge in [0.15, 0.2) is 0 Å². The Morgan fingerprint density at radius 3 is 2.67 bits per heavy atom. The monoisotopic (exact) mass is 286 g/mol. The molecule has 0 aliphatic carbocycles. The molecule has 1 fully saturated rings. The number of nitriles is 1. The van der Waals surface area contributed by atoms with Gasteiger partial charge in [0, 0.05) is 6.42 Å². The number of benzene rings is 1. The summed E-state index contributed by atoms with van der Waals surface area (Å²) in [7, 11) is 0. The van der Waals surface area contributed by atoms with Crippen LogP contribution in [0.2, 0.25) is 0 Å². The molecule has 110 valence electrons. The Kier molecular flexibility index (Phi) is 4.59. The third kappa shape index (κ3) is 2.89. The van der Waals surface area contributed by atoms with E-state index in [1.54, 1.807) is 6.92 Å². The molecule has 0 bridgehead atoms. The van der Waals surface area contributed by atoms with Crippen molar-refractivity contribution in [3.05, 3.63) is 35.9 Å². The van der Waals surface area contributed by atoms with Crippen LogP contribution in [-0.2, 0) is 9.53 Å². The molecule has 1 aromatic carbocycles. The van der Waals surface area contributed by atoms with Gasteiger partial charge in [0.05, 0.1) is 18.0 Å². The van der Waals surface area contributed by atoms with Crippen molar-refractivity contribution in [3.63, 3.8) is 0 Å². The van der Waals surface area contributed by atoms with Gasteiger partial charge >= 0.3 is 6.09 Å². The minimum Gasteiger partial charge on any atom is -0.439 e. The lowest BCUT2D eigenvalue weighted by Gasteiger charge is -2.22. The summed E-state index contributed by atoms with van der Waals surface area (Å²) in [6, 6.07) is 11.0. The largest absolute Gasteiger partial charge is 0.439 e. The van der Waals surface area contributed by atoms with Crippen molar-refractivity contribution in [2.24, 2.45) is 5.92 Å². The predicted molar refractivity (Wildman–Crippen MR) is 76.0 cm³/mol. The normalized spacial score (nSPS) is 22.5. The van der Waals surface area contributed by atoms with Crippen molar-refractivity contribution in [1.29, 1.82) is 5.26 Å². The van der Waals surface area contributed by atoms with Gasteiger partial charge in [-0.05, 0) is 18.9 Å². The molecule has 5 heteroatoms. The maximum atomic E-state index is 12.4. The number of hydrogen-bond acceptors (Lipinski definition) is 4. The third-order valence-corrected chi connectivity index (χ3v) is 3.82. The highest BCUT2D eigenvalue weighted by Gasteiger charge is 2.44. The molecule has 5 nitrogen and oxygen atoms in total. The summed E-state index contributed by atoms with van der Waals surface area (Å²) in [4.78, 5) is 25.6. The number of ether oxygens (including phenoxy) is 1. The Bertz CT molecular complexity index is 565. The average Bonchev–Trinajstić information content (AvgIpc) is 2.80. The van der Waals surface area contributed by atoms with E-state index in [2.05, 4.69) is 0 Å². The fourth-order valence-electron chi connectivity index (χ4n) is 2.56. The lowest BCUT2D eigenvalue weighted by atomic mass is 9.99. The quantitative estimate of drug-likeness (QED) is 0.853. The first-order valence-corrected chi connectivity index (χ1v) is 7.05. The van der Waals surface area contributed by atoms with Crippen LogP contribution in [0.1, 0.15) is 38.4 Å². The highest BCUT2D eigenvalue weighted by molar-refractivity contribution is 5.95. The van der Waals surface area contributed by atoms with E-state index < -0.39 is 18.1 Å². The second kappa shape index (κ2) is 6.40. The molecule has 0 unspecified atom stereocenters. The smallest absolute Gasteiger partial charge is 0.417 e. The molecule has 1 aromatic rings. The molecule has 2 rings (SSSR count). The summed E-state index contributed by atoms with van der Waals surface area (Å²) < 4.78 is 5.35. The minimum absolute atomic E-state index is 0.113. The first-order chi connectivity index (χ1) is 10.1. The molecule has 21 heavy (non-hydrogen) atoms. The fourth-order valence-corrected chi connectivity index (χ4v) is 2.56. The SMILES string of the molecule is CC[C@@H](CC#N)C(=O)N1C(=O)O[C@H](c2ccccc2)[C@@H]1C. The molecule has 1 saturated heterocycles. The number of carbonyl (C=O) groups excluding carboxylic acids is 2. The Labute approximate surface area is 124 Å². The van der Waals surface area contributed by atoms with Crippen LogP contribution in [0.5, 0.6) is 0 Å². The van der Waals surface area contributed by atoms with E-state index in [4.69, 9.17) is 10.00 Å². The summed E-state index contributed by atoms with van der Waals surface area (Å²) in [5.41, 5.74) is 0.863. The van der Waals surface area contributed by atoms with Gasteiger partial charge in [-0.3, -0.25) is 4.79 Å². The highest BCUT2D eigenvalue weighted by atomic mass is 16.6. The second-order valence-electron chi connectivity index (χ2n) is 5.13. The summed E-state index contributed by atoms with van der Waals surface area (Å²) in [6.45, 7) is 3.63. The van der Waals surface area contributed by atoms with Crippen molar-refractivity contribution < 1.29 is 14.3 Å². The predicted octanol–water partition coefficient (Wildman–Crippen LogP) is 3.03. The molecule has 1 aliphatic rings. The number of amides is 2. The fraction of sp³-hybridized carbons (Fsp3) is 0.438. The van der Waals surface area contributed by atoms with Gasteiger partial charge in [-0.1, -0.05) is 37.3 Å². The minimum atomic E-state index is -0.627. The van der Waals surface area contributed by atoms with Gasteiger partial charge in [-0.15, -0.1) is 0 Å². The number of hydrogen-bond donors (Lipinski definition) is 0. The highest BCUT2D eigenvalue weighted by Crippen LogP contribution is 2.33. The average molecular weight is 286 g/mol. The first kappa shape index (κ1) is 15.0. The maximum Gasteiger partial charge on any atom is 0.417 e. The van der Waals surface area contributed by atoms with Crippen LogP contribution in [-0.4, -0.2) is 22.9 Å². The lowest BCUT2D eigenvalue weighted by Crippen LogP contribution is -2.41. The second-order valence-corrected chi connectivity index (χ2v) is 5.13. The molecule has 0 aromatic heterocycles. The Morgan fingerprint density at radius 1 is 1.43 bits per heavy atom. The third-order valence-electron chi connectivity index (χ3n) is 3.82. The molecule has 1 heterocycles. The molecule has 1 aliphatic heterocycles. The summed E-state index contributed by atoms with van der Waals surface area (Å²) in [6.07, 6.45) is -0.444. The topological polar surface area (TPSA) is 70.4 Å². The van der Waals surface area contributed by atoms with Crippen molar-refractivity contribution in [1.82, 2.24) is 4.90 Å². The van der Waals surface area contributed by atoms with Gasteiger partial charge in [-0.2, -0.15) is 5.26 Å². The molecular weight excluding hydrogens is 268 g/mol. The summed E-state index contributed by atoms with van der Waals surface area (Å²) in [5, 5.41) is 8.78. The lowest BCUT2D eigenvalue weighted by molar-refractivity contribution is -0.133. The van der Waals surface area contributed by atoms with E-state index >= 15 is 0 Å². The van der Waals surface area contributed by atoms with Crippen LogP contribution >= 0.6 is 0 Å². The summed E-state index contributed by atoms with van der Waals surface area (Å²) in [5.74, 6) is -0.783. The van der Waals surface area contributed by atoms with E-state index in [-0.39, 0.29) is 18.4 Å². The maximum absolute atomic E-state index is 12.4. The van der Waals surface area contributed by atoms with Crippen molar-refractivity contribution in [2.75, 3.05) is 0 Å². The number of cyclic esters (lactones) is 1. The number of carbonyl (C=O) groups is 2. The number of nitrogens with zero attached hydrogens (tertiary/aromatic N) is 2. The van der Waals surface area contributed by atoms with Crippen LogP contribution in [0, 0.1) is 17.2 Å². The molecule has 2 amide bonds. The van der Waals surface area contributed by atoms with Gasteiger partial charge in [0.25, 0.3) is 0 Å². The van der Waals surface area contributed by atoms with Crippen LogP contribution in [0.3, 0.4) is 0 Å². The van der Waals surface area contributed by atoms with Gasteiger partial charge < -0.3 is 4.74 Å².